The monoisotopic (exact) mass is 134 g/mol. The van der Waals surface area contributed by atoms with Crippen LogP contribution in [0.3, 0.4) is 0 Å². The van der Waals surface area contributed by atoms with Gasteiger partial charge in [0.15, 0.2) is 0 Å². The zero-order valence-corrected chi connectivity index (χ0v) is 6.04. The summed E-state index contributed by atoms with van der Waals surface area (Å²) >= 11 is 0. The first-order valence-corrected chi connectivity index (χ1v) is 2.82. The molecule has 0 rings (SSSR count). The number of rotatable bonds is 1. The van der Waals surface area contributed by atoms with Gasteiger partial charge in [-0.25, -0.2) is 0 Å². The SMILES string of the molecule is C=CCC#N.CC=CC#N. The van der Waals surface area contributed by atoms with E-state index in [1.54, 1.807) is 12.2 Å². The zero-order valence-electron chi connectivity index (χ0n) is 6.04. The molecule has 0 aromatic rings. The average Bonchev–Trinajstić information content (AvgIpc) is 1.93. The fraction of sp³-hybridized carbons (Fsp3) is 0.250. The minimum atomic E-state index is 0.458. The molecule has 0 unspecified atom stereocenters. The number of nitriles is 2. The third kappa shape index (κ3) is 31.8. The average molecular weight is 134 g/mol. The fourth-order valence-electron chi connectivity index (χ4n) is 0.139. The smallest absolute Gasteiger partial charge is 0.0908 e. The maximum absolute atomic E-state index is 7.74. The van der Waals surface area contributed by atoms with Gasteiger partial charge in [-0.05, 0) is 6.92 Å². The summed E-state index contributed by atoms with van der Waals surface area (Å²) in [6, 6.07) is 3.74. The molecule has 2 heteroatoms. The molecule has 0 saturated heterocycles. The first kappa shape index (κ1) is 11.3. The number of nitrogens with zero attached hydrogens (tertiary/aromatic N) is 2. The molecule has 0 aliphatic heterocycles. The van der Waals surface area contributed by atoms with Crippen LogP contribution >= 0.6 is 0 Å². The number of allylic oxidation sites excluding steroid dienone is 3. The lowest BCUT2D eigenvalue weighted by Gasteiger charge is -1.55. The molecule has 0 aliphatic rings. The molecule has 0 atom stereocenters. The Balaban J connectivity index is 0. The summed E-state index contributed by atoms with van der Waals surface area (Å²) in [5.41, 5.74) is 0. The second-order valence-electron chi connectivity index (χ2n) is 1.28. The molecule has 52 valence electrons. The van der Waals surface area contributed by atoms with Crippen molar-refractivity contribution < 1.29 is 0 Å². The summed E-state index contributed by atoms with van der Waals surface area (Å²) in [7, 11) is 0. The normalized spacial score (nSPS) is 6.70. The molecule has 0 saturated carbocycles. The Hall–Kier alpha value is -1.54. The molecule has 0 aromatic carbocycles. The molecular formula is C8H10N2. The topological polar surface area (TPSA) is 47.6 Å². The van der Waals surface area contributed by atoms with E-state index in [4.69, 9.17) is 10.5 Å². The molecule has 10 heavy (non-hydrogen) atoms. The quantitative estimate of drug-likeness (QED) is 0.407. The van der Waals surface area contributed by atoms with Crippen LogP contribution in [0.2, 0.25) is 0 Å². The maximum Gasteiger partial charge on any atom is 0.0908 e. The molecule has 0 heterocycles. The summed E-state index contributed by atoms with van der Waals surface area (Å²) in [5, 5.41) is 15.5. The van der Waals surface area contributed by atoms with Crippen molar-refractivity contribution in [1.82, 2.24) is 0 Å². The minimum Gasteiger partial charge on any atom is -0.198 e. The van der Waals surface area contributed by atoms with Gasteiger partial charge in [-0.15, -0.1) is 6.58 Å². The summed E-state index contributed by atoms with van der Waals surface area (Å²) < 4.78 is 0. The van der Waals surface area contributed by atoms with E-state index in [1.165, 1.54) is 6.08 Å². The van der Waals surface area contributed by atoms with Crippen molar-refractivity contribution >= 4 is 0 Å². The fourth-order valence-corrected chi connectivity index (χ4v) is 0.139. The highest BCUT2D eigenvalue weighted by Gasteiger charge is 1.56. The van der Waals surface area contributed by atoms with Gasteiger partial charge in [0.1, 0.15) is 0 Å². The molecular weight excluding hydrogens is 124 g/mol. The molecule has 0 bridgehead atoms. The molecule has 0 amide bonds. The van der Waals surface area contributed by atoms with Crippen LogP contribution in [0.4, 0.5) is 0 Å². The van der Waals surface area contributed by atoms with Crippen molar-refractivity contribution in [1.29, 1.82) is 10.5 Å². The predicted octanol–water partition coefficient (Wildman–Crippen LogP) is 2.17. The second kappa shape index (κ2) is 15.7. The summed E-state index contributed by atoms with van der Waals surface area (Å²) in [4.78, 5) is 0. The maximum atomic E-state index is 7.74. The molecule has 0 radical (unpaired) electrons. The van der Waals surface area contributed by atoms with E-state index in [2.05, 4.69) is 6.58 Å². The van der Waals surface area contributed by atoms with Gasteiger partial charge < -0.3 is 0 Å². The highest BCUT2D eigenvalue weighted by atomic mass is 14.2. The number of hydrogen-bond donors (Lipinski definition) is 0. The van der Waals surface area contributed by atoms with Crippen molar-refractivity contribution in [3.8, 4) is 12.1 Å². The van der Waals surface area contributed by atoms with Gasteiger partial charge in [0.05, 0.1) is 18.6 Å². The first-order chi connectivity index (χ1) is 4.83. The lowest BCUT2D eigenvalue weighted by molar-refractivity contribution is 1.36. The van der Waals surface area contributed by atoms with Crippen molar-refractivity contribution in [2.45, 2.75) is 13.3 Å². The van der Waals surface area contributed by atoms with E-state index in [0.29, 0.717) is 6.42 Å². The Kier molecular flexibility index (Phi) is 17.7. The lowest BCUT2D eigenvalue weighted by Crippen LogP contribution is -1.45. The molecule has 0 spiro atoms. The van der Waals surface area contributed by atoms with Gasteiger partial charge in [0.2, 0.25) is 0 Å². The van der Waals surface area contributed by atoms with Gasteiger partial charge in [-0.2, -0.15) is 10.5 Å². The molecule has 0 aromatic heterocycles. The molecule has 0 fully saturated rings. The van der Waals surface area contributed by atoms with Crippen LogP contribution in [0, 0.1) is 22.7 Å². The van der Waals surface area contributed by atoms with Crippen LogP contribution in [0.15, 0.2) is 24.8 Å². The third-order valence-corrected chi connectivity index (χ3v) is 0.477. The Morgan fingerprint density at radius 3 is 2.10 bits per heavy atom. The van der Waals surface area contributed by atoms with E-state index in [1.807, 2.05) is 19.1 Å². The highest BCUT2D eigenvalue weighted by Crippen LogP contribution is 1.67. The van der Waals surface area contributed by atoms with Crippen molar-refractivity contribution in [2.24, 2.45) is 0 Å². The van der Waals surface area contributed by atoms with Crippen LogP contribution in [0.25, 0.3) is 0 Å². The zero-order chi connectivity index (χ0) is 8.24. The Bertz CT molecular complexity index is 167. The molecule has 0 N–H and O–H groups in total. The second-order valence-corrected chi connectivity index (χ2v) is 1.28. The van der Waals surface area contributed by atoms with Crippen molar-refractivity contribution in [2.75, 3.05) is 0 Å². The first-order valence-electron chi connectivity index (χ1n) is 2.82. The van der Waals surface area contributed by atoms with Gasteiger partial charge >= 0.3 is 0 Å². The Morgan fingerprint density at radius 1 is 1.50 bits per heavy atom. The Labute approximate surface area is 61.7 Å². The van der Waals surface area contributed by atoms with Crippen LogP contribution < -0.4 is 0 Å². The van der Waals surface area contributed by atoms with Gasteiger partial charge in [0.25, 0.3) is 0 Å². The third-order valence-electron chi connectivity index (χ3n) is 0.477. The molecule has 2 nitrogen and oxygen atoms in total. The summed E-state index contributed by atoms with van der Waals surface area (Å²) in [6.45, 7) is 5.14. The van der Waals surface area contributed by atoms with Gasteiger partial charge in [-0.3, -0.25) is 0 Å². The van der Waals surface area contributed by atoms with E-state index in [9.17, 15) is 0 Å². The highest BCUT2D eigenvalue weighted by molar-refractivity contribution is 4.99. The van der Waals surface area contributed by atoms with E-state index >= 15 is 0 Å². The van der Waals surface area contributed by atoms with Crippen LogP contribution in [0.5, 0.6) is 0 Å². The predicted molar refractivity (Wildman–Crippen MR) is 40.9 cm³/mol. The largest absolute Gasteiger partial charge is 0.198 e. The van der Waals surface area contributed by atoms with Crippen molar-refractivity contribution in [3.05, 3.63) is 24.8 Å². The van der Waals surface area contributed by atoms with Crippen LogP contribution in [0.1, 0.15) is 13.3 Å². The van der Waals surface area contributed by atoms with Crippen LogP contribution in [-0.2, 0) is 0 Å². The van der Waals surface area contributed by atoms with Crippen molar-refractivity contribution in [3.63, 3.8) is 0 Å². The van der Waals surface area contributed by atoms with E-state index in [-0.39, 0.29) is 0 Å². The minimum absolute atomic E-state index is 0.458. The van der Waals surface area contributed by atoms with Gasteiger partial charge in [-0.1, -0.05) is 12.2 Å². The van der Waals surface area contributed by atoms with Gasteiger partial charge in [0, 0.05) is 6.08 Å². The van der Waals surface area contributed by atoms with E-state index in [0.717, 1.165) is 0 Å². The van der Waals surface area contributed by atoms with E-state index < -0.39 is 0 Å². The summed E-state index contributed by atoms with van der Waals surface area (Å²) in [5.74, 6) is 0. The molecule has 0 aliphatic carbocycles. The summed E-state index contributed by atoms with van der Waals surface area (Å²) in [6.07, 6.45) is 5.15. The Morgan fingerprint density at radius 2 is 2.10 bits per heavy atom. The van der Waals surface area contributed by atoms with Crippen LogP contribution in [-0.4, -0.2) is 0 Å². The lowest BCUT2D eigenvalue weighted by atomic mass is 10.5. The standard InChI is InChI=1S/2C4H5N/c2*1-2-3-4-5/h2-3H,1H3;2H,1,3H2. The number of hydrogen-bond acceptors (Lipinski definition) is 2.